The first-order chi connectivity index (χ1) is 12.7. The van der Waals surface area contributed by atoms with E-state index in [1.54, 1.807) is 0 Å². The fourth-order valence-electron chi connectivity index (χ4n) is 4.93. The molecule has 2 aliphatic rings. The fourth-order valence-corrected chi connectivity index (χ4v) is 4.93. The maximum Gasteiger partial charge on any atom is 0.136 e. The molecule has 0 spiro atoms. The van der Waals surface area contributed by atoms with Crippen molar-refractivity contribution in [1.82, 2.24) is 0 Å². The van der Waals surface area contributed by atoms with Crippen LogP contribution < -0.4 is 0 Å². The molecule has 0 aromatic rings. The number of carbonyl (C=O) groups excluding carboxylic acids is 2. The Labute approximate surface area is 160 Å². The molecule has 4 unspecified atom stereocenters. The van der Waals surface area contributed by atoms with Crippen LogP contribution in [0.15, 0.2) is 24.3 Å². The lowest BCUT2D eigenvalue weighted by Gasteiger charge is -2.19. The molecule has 0 aromatic heterocycles. The molecular weight excluding hydrogens is 320 g/mol. The average Bonchev–Trinajstić information content (AvgIpc) is 3.16. The van der Waals surface area contributed by atoms with Crippen LogP contribution in [0.2, 0.25) is 0 Å². The van der Waals surface area contributed by atoms with Gasteiger partial charge < -0.3 is 0 Å². The Morgan fingerprint density at radius 1 is 0.731 bits per heavy atom. The number of hydrogen-bond donors (Lipinski definition) is 0. The van der Waals surface area contributed by atoms with E-state index in [1.807, 2.05) is 0 Å². The second-order valence-electron chi connectivity index (χ2n) is 8.26. The molecule has 2 rings (SSSR count). The standard InChI is InChI=1S/C24H38O2/c1-3-5-7-13-21-19(15-17-23(21)25)11-9-10-12-20-16-18-24(26)22(20)14-8-6-4-2/h5-8,19-22H,3-4,9-18H2,1-2H3. The summed E-state index contributed by atoms with van der Waals surface area (Å²) in [6.45, 7) is 4.28. The molecule has 0 radical (unpaired) electrons. The zero-order chi connectivity index (χ0) is 18.8. The second kappa shape index (κ2) is 11.5. The van der Waals surface area contributed by atoms with E-state index < -0.39 is 0 Å². The Bertz CT molecular complexity index is 456. The fraction of sp³-hybridized carbons (Fsp3) is 0.750. The predicted octanol–water partition coefficient (Wildman–Crippen LogP) is 6.45. The SMILES string of the molecule is CCC=CCC1C(=O)CCC1CCCCC1CCC(=O)C1CC=CCC. The monoisotopic (exact) mass is 358 g/mol. The first-order valence-electron chi connectivity index (χ1n) is 11.0. The Morgan fingerprint density at radius 3 is 1.54 bits per heavy atom. The van der Waals surface area contributed by atoms with Gasteiger partial charge in [-0.05, 0) is 63.2 Å². The number of carbonyl (C=O) groups is 2. The molecule has 0 aromatic carbocycles. The Balaban J connectivity index is 1.71. The van der Waals surface area contributed by atoms with Crippen LogP contribution in [-0.2, 0) is 9.59 Å². The maximum absolute atomic E-state index is 12.1. The third kappa shape index (κ3) is 6.21. The molecule has 2 fully saturated rings. The van der Waals surface area contributed by atoms with Crippen LogP contribution in [0.4, 0.5) is 0 Å². The van der Waals surface area contributed by atoms with E-state index in [4.69, 9.17) is 0 Å². The van der Waals surface area contributed by atoms with Gasteiger partial charge in [0.25, 0.3) is 0 Å². The van der Waals surface area contributed by atoms with Gasteiger partial charge in [0.05, 0.1) is 0 Å². The minimum absolute atomic E-state index is 0.276. The molecule has 0 saturated heterocycles. The topological polar surface area (TPSA) is 34.1 Å². The molecule has 0 heterocycles. The third-order valence-electron chi connectivity index (χ3n) is 6.47. The minimum Gasteiger partial charge on any atom is -0.299 e. The van der Waals surface area contributed by atoms with Crippen molar-refractivity contribution in [2.24, 2.45) is 23.7 Å². The Hall–Kier alpha value is -1.18. The predicted molar refractivity (Wildman–Crippen MR) is 109 cm³/mol. The maximum atomic E-state index is 12.1. The molecule has 26 heavy (non-hydrogen) atoms. The van der Waals surface area contributed by atoms with Gasteiger partial charge >= 0.3 is 0 Å². The van der Waals surface area contributed by atoms with E-state index in [9.17, 15) is 9.59 Å². The highest BCUT2D eigenvalue weighted by Crippen LogP contribution is 2.38. The zero-order valence-electron chi connectivity index (χ0n) is 16.9. The van der Waals surface area contributed by atoms with Gasteiger partial charge in [-0.25, -0.2) is 0 Å². The van der Waals surface area contributed by atoms with Crippen molar-refractivity contribution in [2.45, 2.75) is 90.9 Å². The molecule has 2 aliphatic carbocycles. The van der Waals surface area contributed by atoms with E-state index >= 15 is 0 Å². The van der Waals surface area contributed by atoms with E-state index in [-0.39, 0.29) is 11.8 Å². The number of unbranched alkanes of at least 4 members (excludes halogenated alkanes) is 1. The van der Waals surface area contributed by atoms with Gasteiger partial charge in [0, 0.05) is 24.7 Å². The van der Waals surface area contributed by atoms with Crippen LogP contribution in [0.1, 0.15) is 90.9 Å². The van der Waals surface area contributed by atoms with Crippen LogP contribution in [0.25, 0.3) is 0 Å². The summed E-state index contributed by atoms with van der Waals surface area (Å²) >= 11 is 0. The molecule has 0 aliphatic heterocycles. The quantitative estimate of drug-likeness (QED) is 0.314. The van der Waals surface area contributed by atoms with Gasteiger partial charge in [-0.3, -0.25) is 9.59 Å². The van der Waals surface area contributed by atoms with Crippen molar-refractivity contribution in [3.05, 3.63) is 24.3 Å². The van der Waals surface area contributed by atoms with Crippen molar-refractivity contribution in [2.75, 3.05) is 0 Å². The molecule has 0 bridgehead atoms. The minimum atomic E-state index is 0.276. The molecule has 2 heteroatoms. The molecule has 146 valence electrons. The summed E-state index contributed by atoms with van der Waals surface area (Å²) in [6.07, 6.45) is 21.4. The molecular formula is C24H38O2. The number of allylic oxidation sites excluding steroid dienone is 4. The van der Waals surface area contributed by atoms with Crippen molar-refractivity contribution >= 4 is 11.6 Å². The smallest absolute Gasteiger partial charge is 0.136 e. The third-order valence-corrected chi connectivity index (χ3v) is 6.47. The molecule has 2 saturated carbocycles. The summed E-state index contributed by atoms with van der Waals surface area (Å²) in [5.41, 5.74) is 0. The van der Waals surface area contributed by atoms with E-state index in [1.165, 1.54) is 25.7 Å². The number of Topliss-reactive ketones (excluding diaryl/α,β-unsaturated/α-hetero) is 2. The summed E-state index contributed by atoms with van der Waals surface area (Å²) in [5, 5.41) is 0. The van der Waals surface area contributed by atoms with Crippen LogP contribution in [0, 0.1) is 23.7 Å². The Kier molecular flexibility index (Phi) is 9.36. The molecule has 0 amide bonds. The van der Waals surface area contributed by atoms with Crippen LogP contribution >= 0.6 is 0 Å². The second-order valence-corrected chi connectivity index (χ2v) is 8.26. The lowest BCUT2D eigenvalue weighted by molar-refractivity contribution is -0.122. The first-order valence-corrected chi connectivity index (χ1v) is 11.0. The highest BCUT2D eigenvalue weighted by atomic mass is 16.1. The van der Waals surface area contributed by atoms with Gasteiger partial charge in [-0.1, -0.05) is 51.0 Å². The van der Waals surface area contributed by atoms with Crippen LogP contribution in [-0.4, -0.2) is 11.6 Å². The average molecular weight is 359 g/mol. The normalized spacial score (nSPS) is 29.6. The van der Waals surface area contributed by atoms with Crippen LogP contribution in [0.3, 0.4) is 0 Å². The Morgan fingerprint density at radius 2 is 1.15 bits per heavy atom. The van der Waals surface area contributed by atoms with Crippen LogP contribution in [0.5, 0.6) is 0 Å². The zero-order valence-corrected chi connectivity index (χ0v) is 16.9. The van der Waals surface area contributed by atoms with Crippen molar-refractivity contribution in [1.29, 1.82) is 0 Å². The largest absolute Gasteiger partial charge is 0.299 e. The highest BCUT2D eigenvalue weighted by Gasteiger charge is 2.34. The first kappa shape index (κ1) is 21.1. The van der Waals surface area contributed by atoms with Crippen molar-refractivity contribution in [3.8, 4) is 0 Å². The summed E-state index contributed by atoms with van der Waals surface area (Å²) < 4.78 is 0. The van der Waals surface area contributed by atoms with E-state index in [2.05, 4.69) is 38.2 Å². The summed E-state index contributed by atoms with van der Waals surface area (Å²) in [5.74, 6) is 2.71. The summed E-state index contributed by atoms with van der Waals surface area (Å²) in [6, 6.07) is 0. The number of ketones is 2. The van der Waals surface area contributed by atoms with Crippen molar-refractivity contribution < 1.29 is 9.59 Å². The number of hydrogen-bond acceptors (Lipinski definition) is 2. The van der Waals surface area contributed by atoms with E-state index in [0.29, 0.717) is 23.4 Å². The highest BCUT2D eigenvalue weighted by molar-refractivity contribution is 5.84. The van der Waals surface area contributed by atoms with Gasteiger partial charge in [0.1, 0.15) is 11.6 Å². The van der Waals surface area contributed by atoms with Gasteiger partial charge in [0.15, 0.2) is 0 Å². The lowest BCUT2D eigenvalue weighted by Crippen LogP contribution is -2.15. The summed E-state index contributed by atoms with van der Waals surface area (Å²) in [7, 11) is 0. The number of rotatable bonds is 11. The van der Waals surface area contributed by atoms with Crippen molar-refractivity contribution in [3.63, 3.8) is 0 Å². The van der Waals surface area contributed by atoms with E-state index in [0.717, 1.165) is 51.4 Å². The summed E-state index contributed by atoms with van der Waals surface area (Å²) in [4.78, 5) is 24.3. The molecule has 2 nitrogen and oxygen atoms in total. The van der Waals surface area contributed by atoms with Gasteiger partial charge in [-0.2, -0.15) is 0 Å². The molecule has 4 atom stereocenters. The van der Waals surface area contributed by atoms with Gasteiger partial charge in [0.2, 0.25) is 0 Å². The van der Waals surface area contributed by atoms with Gasteiger partial charge in [-0.15, -0.1) is 0 Å². The lowest BCUT2D eigenvalue weighted by atomic mass is 9.85. The molecule has 0 N–H and O–H groups in total.